The third-order valence-electron chi connectivity index (χ3n) is 2.56. The fourth-order valence-corrected chi connectivity index (χ4v) is 2.17. The van der Waals surface area contributed by atoms with Crippen LogP contribution in [-0.4, -0.2) is 16.0 Å². The van der Waals surface area contributed by atoms with Crippen LogP contribution in [0.4, 0.5) is 18.9 Å². The fraction of sp³-hybridized carbons (Fsp3) is 0.167. The maximum absolute atomic E-state index is 12.8. The van der Waals surface area contributed by atoms with E-state index in [0.29, 0.717) is 0 Å². The van der Waals surface area contributed by atoms with E-state index in [2.05, 4.69) is 4.99 Å². The molecular formula is C12H8Cl2F3N3O. The zero-order valence-electron chi connectivity index (χ0n) is 10.5. The number of aromatic nitrogens is 2. The number of H-pyrrole nitrogens is 1. The molecule has 0 saturated heterocycles. The number of hydrogen-bond donors (Lipinski definition) is 1. The first-order valence-electron chi connectivity index (χ1n) is 5.55. The molecule has 112 valence electrons. The Balaban J connectivity index is 2.48. The summed E-state index contributed by atoms with van der Waals surface area (Å²) in [6.07, 6.45) is -3.85. The SMILES string of the molecule is Cn1[nH]c(C(F)(F)F)c(C=Nc2cc(Cl)cc(Cl)c2)c1=O. The zero-order chi connectivity index (χ0) is 15.8. The molecule has 2 rings (SSSR count). The van der Waals surface area contributed by atoms with Gasteiger partial charge in [0.05, 0.1) is 11.3 Å². The number of aromatic amines is 1. The number of nitrogens with zero attached hydrogens (tertiary/aromatic N) is 2. The molecule has 1 aromatic heterocycles. The monoisotopic (exact) mass is 337 g/mol. The quantitative estimate of drug-likeness (QED) is 0.833. The average molecular weight is 338 g/mol. The Morgan fingerprint density at radius 2 is 1.81 bits per heavy atom. The summed E-state index contributed by atoms with van der Waals surface area (Å²) in [6, 6.07) is 4.28. The molecule has 1 N–H and O–H groups in total. The van der Waals surface area contributed by atoms with Crippen LogP contribution in [0.15, 0.2) is 28.0 Å². The molecule has 0 aliphatic carbocycles. The van der Waals surface area contributed by atoms with E-state index in [1.807, 2.05) is 5.10 Å². The van der Waals surface area contributed by atoms with E-state index in [0.717, 1.165) is 10.9 Å². The molecule has 0 atom stereocenters. The Hall–Kier alpha value is -1.73. The number of alkyl halides is 3. The van der Waals surface area contributed by atoms with Gasteiger partial charge in [0.1, 0.15) is 0 Å². The molecule has 0 amide bonds. The van der Waals surface area contributed by atoms with E-state index >= 15 is 0 Å². The second-order valence-corrected chi connectivity index (χ2v) is 5.02. The number of rotatable bonds is 2. The number of aryl methyl sites for hydroxylation is 1. The number of halogens is 5. The number of aliphatic imine (C=N–C) groups is 1. The molecule has 0 aliphatic heterocycles. The summed E-state index contributed by atoms with van der Waals surface area (Å²) in [5.41, 5.74) is -2.34. The maximum Gasteiger partial charge on any atom is 0.433 e. The number of benzene rings is 1. The minimum Gasteiger partial charge on any atom is -0.291 e. The average Bonchev–Trinajstić information content (AvgIpc) is 2.62. The predicted molar refractivity (Wildman–Crippen MR) is 74.8 cm³/mol. The van der Waals surface area contributed by atoms with Crippen LogP contribution in [0.1, 0.15) is 11.3 Å². The van der Waals surface area contributed by atoms with Crippen molar-refractivity contribution in [3.63, 3.8) is 0 Å². The highest BCUT2D eigenvalue weighted by molar-refractivity contribution is 6.35. The van der Waals surface area contributed by atoms with Crippen LogP contribution in [0, 0.1) is 0 Å². The van der Waals surface area contributed by atoms with Crippen LogP contribution in [-0.2, 0) is 13.2 Å². The van der Waals surface area contributed by atoms with Crippen LogP contribution >= 0.6 is 23.2 Å². The van der Waals surface area contributed by atoms with Crippen molar-refractivity contribution in [3.8, 4) is 0 Å². The summed E-state index contributed by atoms with van der Waals surface area (Å²) in [5, 5.41) is 2.52. The lowest BCUT2D eigenvalue weighted by Gasteiger charge is -2.03. The third kappa shape index (κ3) is 3.48. The van der Waals surface area contributed by atoms with Crippen LogP contribution in [0.2, 0.25) is 10.0 Å². The molecule has 0 spiro atoms. The van der Waals surface area contributed by atoms with Gasteiger partial charge in [-0.05, 0) is 18.2 Å². The van der Waals surface area contributed by atoms with E-state index < -0.39 is 23.0 Å². The van der Waals surface area contributed by atoms with Gasteiger partial charge in [0.25, 0.3) is 5.56 Å². The van der Waals surface area contributed by atoms with E-state index in [-0.39, 0.29) is 15.7 Å². The summed E-state index contributed by atoms with van der Waals surface area (Å²) in [7, 11) is 1.19. The molecule has 0 aliphatic rings. The van der Waals surface area contributed by atoms with Gasteiger partial charge >= 0.3 is 6.18 Å². The zero-order valence-corrected chi connectivity index (χ0v) is 12.0. The summed E-state index contributed by atoms with van der Waals surface area (Å²) in [4.78, 5) is 15.5. The molecule has 21 heavy (non-hydrogen) atoms. The van der Waals surface area contributed by atoms with Crippen molar-refractivity contribution in [1.29, 1.82) is 0 Å². The molecular weight excluding hydrogens is 330 g/mol. The Kier molecular flexibility index (Phi) is 4.15. The van der Waals surface area contributed by atoms with Crippen LogP contribution in [0.25, 0.3) is 0 Å². The first-order chi connectivity index (χ1) is 9.68. The van der Waals surface area contributed by atoms with E-state index in [1.54, 1.807) is 0 Å². The summed E-state index contributed by atoms with van der Waals surface area (Å²) in [5.74, 6) is 0. The molecule has 9 heteroatoms. The second kappa shape index (κ2) is 5.57. The van der Waals surface area contributed by atoms with Gasteiger partial charge in [-0.3, -0.25) is 19.6 Å². The highest BCUT2D eigenvalue weighted by Crippen LogP contribution is 2.29. The first kappa shape index (κ1) is 15.7. The van der Waals surface area contributed by atoms with Gasteiger partial charge in [0.15, 0.2) is 5.69 Å². The fourth-order valence-electron chi connectivity index (χ4n) is 1.66. The standard InChI is InChI=1S/C12H8Cl2F3N3O/c1-20-11(21)9(10(19-20)12(15,16)17)5-18-8-3-6(13)2-7(14)4-8/h2-5,19H,1H3. The van der Waals surface area contributed by atoms with Gasteiger partial charge in [-0.1, -0.05) is 23.2 Å². The van der Waals surface area contributed by atoms with Gasteiger partial charge in [0.2, 0.25) is 0 Å². The Morgan fingerprint density at radius 3 is 2.33 bits per heavy atom. The maximum atomic E-state index is 12.8. The van der Waals surface area contributed by atoms with Crippen molar-refractivity contribution in [2.75, 3.05) is 0 Å². The smallest absolute Gasteiger partial charge is 0.291 e. The molecule has 0 radical (unpaired) electrons. The minimum absolute atomic E-state index is 0.240. The lowest BCUT2D eigenvalue weighted by Crippen LogP contribution is -2.15. The van der Waals surface area contributed by atoms with Gasteiger partial charge in [-0.25, -0.2) is 0 Å². The lowest BCUT2D eigenvalue weighted by atomic mass is 10.2. The van der Waals surface area contributed by atoms with Crippen molar-refractivity contribution < 1.29 is 13.2 Å². The van der Waals surface area contributed by atoms with E-state index in [4.69, 9.17) is 23.2 Å². The second-order valence-electron chi connectivity index (χ2n) is 4.15. The third-order valence-corrected chi connectivity index (χ3v) is 2.99. The largest absolute Gasteiger partial charge is 0.433 e. The highest BCUT2D eigenvalue weighted by Gasteiger charge is 2.37. The molecule has 4 nitrogen and oxygen atoms in total. The van der Waals surface area contributed by atoms with Crippen molar-refractivity contribution in [3.05, 3.63) is 49.9 Å². The molecule has 0 saturated carbocycles. The van der Waals surface area contributed by atoms with Crippen LogP contribution in [0.5, 0.6) is 0 Å². The molecule has 1 heterocycles. The highest BCUT2D eigenvalue weighted by atomic mass is 35.5. The van der Waals surface area contributed by atoms with Crippen molar-refractivity contribution in [2.45, 2.75) is 6.18 Å². The molecule has 0 bridgehead atoms. The summed E-state index contributed by atoms with van der Waals surface area (Å²) < 4.78 is 39.2. The molecule has 0 fully saturated rings. The Morgan fingerprint density at radius 1 is 1.24 bits per heavy atom. The summed E-state index contributed by atoms with van der Waals surface area (Å²) in [6.45, 7) is 0. The first-order valence-corrected chi connectivity index (χ1v) is 6.30. The molecule has 0 unspecified atom stereocenters. The van der Waals surface area contributed by atoms with Gasteiger partial charge < -0.3 is 0 Å². The van der Waals surface area contributed by atoms with Crippen LogP contribution < -0.4 is 5.56 Å². The van der Waals surface area contributed by atoms with E-state index in [1.165, 1.54) is 25.2 Å². The van der Waals surface area contributed by atoms with Gasteiger partial charge in [-0.2, -0.15) is 13.2 Å². The van der Waals surface area contributed by atoms with Gasteiger partial charge in [0, 0.05) is 23.3 Å². The van der Waals surface area contributed by atoms with Crippen molar-refractivity contribution in [1.82, 2.24) is 9.78 Å². The lowest BCUT2D eigenvalue weighted by molar-refractivity contribution is -0.141. The van der Waals surface area contributed by atoms with Crippen LogP contribution in [0.3, 0.4) is 0 Å². The summed E-state index contributed by atoms with van der Waals surface area (Å²) >= 11 is 11.5. The number of nitrogens with one attached hydrogen (secondary N) is 1. The molecule has 2 aromatic rings. The predicted octanol–water partition coefficient (Wildman–Crippen LogP) is 3.79. The Bertz CT molecular complexity index is 742. The normalized spacial score (nSPS) is 12.3. The Labute approximate surface area is 126 Å². The number of hydrogen-bond acceptors (Lipinski definition) is 2. The topological polar surface area (TPSA) is 50.1 Å². The van der Waals surface area contributed by atoms with Crippen molar-refractivity contribution >= 4 is 35.1 Å². The van der Waals surface area contributed by atoms with E-state index in [9.17, 15) is 18.0 Å². The van der Waals surface area contributed by atoms with Crippen molar-refractivity contribution in [2.24, 2.45) is 12.0 Å². The minimum atomic E-state index is -4.69. The molecule has 1 aromatic carbocycles. The van der Waals surface area contributed by atoms with Gasteiger partial charge in [-0.15, -0.1) is 0 Å².